The molecule has 0 saturated carbocycles. The van der Waals surface area contributed by atoms with Crippen LogP contribution >= 0.6 is 15.9 Å². The molecule has 2 aromatic rings. The van der Waals surface area contributed by atoms with Crippen LogP contribution in [0.5, 0.6) is 0 Å². The van der Waals surface area contributed by atoms with E-state index < -0.39 is 0 Å². The maximum absolute atomic E-state index is 4.60. The highest BCUT2D eigenvalue weighted by Gasteiger charge is 2.34. The zero-order valence-electron chi connectivity index (χ0n) is 12.1. The lowest BCUT2D eigenvalue weighted by molar-refractivity contribution is 0.313. The zero-order valence-corrected chi connectivity index (χ0v) is 13.6. The van der Waals surface area contributed by atoms with Gasteiger partial charge in [0.1, 0.15) is 0 Å². The molecule has 1 aromatic carbocycles. The van der Waals surface area contributed by atoms with Gasteiger partial charge < -0.3 is 5.32 Å². The van der Waals surface area contributed by atoms with Crippen LogP contribution in [0, 0.1) is 5.92 Å². The summed E-state index contributed by atoms with van der Waals surface area (Å²) in [6.07, 6.45) is 4.61. The van der Waals surface area contributed by atoms with Gasteiger partial charge in [0.25, 0.3) is 0 Å². The molecule has 110 valence electrons. The van der Waals surface area contributed by atoms with E-state index in [1.54, 1.807) is 0 Å². The number of piperidine rings is 1. The third kappa shape index (κ3) is 2.60. The van der Waals surface area contributed by atoms with Crippen LogP contribution in [0.15, 0.2) is 34.9 Å². The van der Waals surface area contributed by atoms with Gasteiger partial charge in [-0.3, -0.25) is 9.88 Å². The first kappa shape index (κ1) is 13.7. The number of pyridine rings is 1. The average molecular weight is 346 g/mol. The maximum atomic E-state index is 4.60. The SMILES string of the molecule is Brc1ccc(CN2C[C@@H]3CCCN[C@@H]3C2)c2ncccc12. The lowest BCUT2D eigenvalue weighted by Crippen LogP contribution is -2.40. The molecule has 1 N–H and O–H groups in total. The summed E-state index contributed by atoms with van der Waals surface area (Å²) in [5.41, 5.74) is 2.47. The number of benzene rings is 1. The monoisotopic (exact) mass is 345 g/mol. The molecule has 0 unspecified atom stereocenters. The van der Waals surface area contributed by atoms with Crippen molar-refractivity contribution in [3.8, 4) is 0 Å². The summed E-state index contributed by atoms with van der Waals surface area (Å²) in [7, 11) is 0. The molecule has 2 atom stereocenters. The number of hydrogen-bond donors (Lipinski definition) is 1. The van der Waals surface area contributed by atoms with Crippen LogP contribution in [-0.2, 0) is 6.54 Å². The van der Waals surface area contributed by atoms with Crippen molar-refractivity contribution in [2.24, 2.45) is 5.92 Å². The van der Waals surface area contributed by atoms with Crippen molar-refractivity contribution in [1.82, 2.24) is 15.2 Å². The zero-order chi connectivity index (χ0) is 14.2. The first-order valence-electron chi connectivity index (χ1n) is 7.79. The highest BCUT2D eigenvalue weighted by molar-refractivity contribution is 9.10. The summed E-state index contributed by atoms with van der Waals surface area (Å²) in [6, 6.07) is 9.22. The average Bonchev–Trinajstić information content (AvgIpc) is 2.93. The minimum atomic E-state index is 0.702. The summed E-state index contributed by atoms with van der Waals surface area (Å²) in [5.74, 6) is 0.841. The van der Waals surface area contributed by atoms with Crippen molar-refractivity contribution in [2.45, 2.75) is 25.4 Å². The molecule has 3 nitrogen and oxygen atoms in total. The Bertz CT molecular complexity index is 644. The normalized spacial score (nSPS) is 26.1. The molecule has 4 rings (SSSR count). The second-order valence-electron chi connectivity index (χ2n) is 6.26. The van der Waals surface area contributed by atoms with Gasteiger partial charge >= 0.3 is 0 Å². The van der Waals surface area contributed by atoms with Gasteiger partial charge in [-0.05, 0) is 43.0 Å². The number of halogens is 1. The standard InChI is InChI=1S/C17H20BrN3/c18-15-6-5-13(17-14(15)4-2-8-20-17)10-21-9-12-3-1-7-19-16(12)11-21/h2,4-6,8,12,16,19H,1,3,7,9-11H2/t12-,16+/m0/s1. The molecule has 0 amide bonds. The molecule has 21 heavy (non-hydrogen) atoms. The van der Waals surface area contributed by atoms with E-state index in [0.29, 0.717) is 6.04 Å². The van der Waals surface area contributed by atoms with Gasteiger partial charge in [-0.1, -0.05) is 28.1 Å². The minimum Gasteiger partial charge on any atom is -0.312 e. The van der Waals surface area contributed by atoms with Crippen LogP contribution < -0.4 is 5.32 Å². The Kier molecular flexibility index (Phi) is 3.69. The van der Waals surface area contributed by atoms with E-state index in [1.807, 2.05) is 12.3 Å². The molecule has 0 bridgehead atoms. The van der Waals surface area contributed by atoms with Crippen LogP contribution in [0.1, 0.15) is 18.4 Å². The molecular weight excluding hydrogens is 326 g/mol. The van der Waals surface area contributed by atoms with Gasteiger partial charge in [0.05, 0.1) is 5.52 Å². The van der Waals surface area contributed by atoms with Crippen molar-refractivity contribution in [3.05, 3.63) is 40.5 Å². The summed E-state index contributed by atoms with van der Waals surface area (Å²) in [5, 5.41) is 4.89. The van der Waals surface area contributed by atoms with Crippen molar-refractivity contribution >= 4 is 26.8 Å². The van der Waals surface area contributed by atoms with Crippen LogP contribution in [0.2, 0.25) is 0 Å². The summed E-state index contributed by atoms with van der Waals surface area (Å²) in [4.78, 5) is 7.19. The minimum absolute atomic E-state index is 0.702. The largest absolute Gasteiger partial charge is 0.312 e. The van der Waals surface area contributed by atoms with Crippen LogP contribution in [0.4, 0.5) is 0 Å². The van der Waals surface area contributed by atoms with Gasteiger partial charge in [0.2, 0.25) is 0 Å². The molecule has 1 aromatic heterocycles. The Labute approximate surface area is 133 Å². The van der Waals surface area contributed by atoms with E-state index in [9.17, 15) is 0 Å². The number of nitrogens with zero attached hydrogens (tertiary/aromatic N) is 2. The van der Waals surface area contributed by atoms with E-state index >= 15 is 0 Å². The second-order valence-corrected chi connectivity index (χ2v) is 7.12. The fraction of sp³-hybridized carbons (Fsp3) is 0.471. The van der Waals surface area contributed by atoms with E-state index in [2.05, 4.69) is 49.3 Å². The number of likely N-dealkylation sites (tertiary alicyclic amines) is 1. The lowest BCUT2D eigenvalue weighted by Gasteiger charge is -2.24. The molecule has 2 aliphatic rings. The molecule has 0 aliphatic carbocycles. The smallest absolute Gasteiger partial charge is 0.0758 e. The highest BCUT2D eigenvalue weighted by Crippen LogP contribution is 2.29. The Morgan fingerprint density at radius 2 is 2.24 bits per heavy atom. The van der Waals surface area contributed by atoms with Crippen LogP contribution in [0.3, 0.4) is 0 Å². The first-order valence-corrected chi connectivity index (χ1v) is 8.58. The summed E-state index contributed by atoms with van der Waals surface area (Å²) in [6.45, 7) is 4.60. The molecule has 2 saturated heterocycles. The Balaban J connectivity index is 1.59. The predicted octanol–water partition coefficient (Wildman–Crippen LogP) is 3.18. The fourth-order valence-electron chi connectivity index (χ4n) is 3.83. The van der Waals surface area contributed by atoms with Crippen molar-refractivity contribution in [1.29, 1.82) is 0 Å². The van der Waals surface area contributed by atoms with E-state index in [1.165, 1.54) is 43.4 Å². The van der Waals surface area contributed by atoms with Crippen LogP contribution in [-0.4, -0.2) is 35.6 Å². The molecule has 0 spiro atoms. The molecule has 4 heteroatoms. The van der Waals surface area contributed by atoms with Gasteiger partial charge in [0.15, 0.2) is 0 Å². The van der Waals surface area contributed by atoms with E-state index in [-0.39, 0.29) is 0 Å². The first-order chi connectivity index (χ1) is 10.3. The number of aromatic nitrogens is 1. The third-order valence-electron chi connectivity index (χ3n) is 4.87. The molecule has 2 aliphatic heterocycles. The van der Waals surface area contributed by atoms with Gasteiger partial charge in [-0.25, -0.2) is 0 Å². The van der Waals surface area contributed by atoms with Gasteiger partial charge in [-0.15, -0.1) is 0 Å². The Morgan fingerprint density at radius 1 is 1.29 bits per heavy atom. The third-order valence-corrected chi connectivity index (χ3v) is 5.56. The van der Waals surface area contributed by atoms with Crippen molar-refractivity contribution in [2.75, 3.05) is 19.6 Å². The summed E-state index contributed by atoms with van der Waals surface area (Å²) >= 11 is 3.63. The predicted molar refractivity (Wildman–Crippen MR) is 89.2 cm³/mol. The number of nitrogens with one attached hydrogen (secondary N) is 1. The Hall–Kier alpha value is -0.970. The van der Waals surface area contributed by atoms with E-state index in [0.717, 1.165) is 22.5 Å². The fourth-order valence-corrected chi connectivity index (χ4v) is 4.28. The number of fused-ring (bicyclic) bond motifs is 2. The molecule has 0 radical (unpaired) electrons. The van der Waals surface area contributed by atoms with Gasteiger partial charge in [0, 0.05) is 41.7 Å². The lowest BCUT2D eigenvalue weighted by atomic mass is 9.94. The molecule has 2 fully saturated rings. The number of rotatable bonds is 2. The van der Waals surface area contributed by atoms with Crippen molar-refractivity contribution < 1.29 is 0 Å². The number of hydrogen-bond acceptors (Lipinski definition) is 3. The topological polar surface area (TPSA) is 28.2 Å². The summed E-state index contributed by atoms with van der Waals surface area (Å²) < 4.78 is 1.13. The van der Waals surface area contributed by atoms with Crippen molar-refractivity contribution in [3.63, 3.8) is 0 Å². The quantitative estimate of drug-likeness (QED) is 0.905. The molecule has 3 heterocycles. The van der Waals surface area contributed by atoms with Crippen LogP contribution in [0.25, 0.3) is 10.9 Å². The Morgan fingerprint density at radius 3 is 3.14 bits per heavy atom. The highest BCUT2D eigenvalue weighted by atomic mass is 79.9. The van der Waals surface area contributed by atoms with Gasteiger partial charge in [-0.2, -0.15) is 0 Å². The second kappa shape index (κ2) is 5.67. The van der Waals surface area contributed by atoms with E-state index in [4.69, 9.17) is 0 Å². The molecular formula is C17H20BrN3. The maximum Gasteiger partial charge on any atom is 0.0758 e.